The van der Waals surface area contributed by atoms with Gasteiger partial charge in [0.15, 0.2) is 5.16 Å². The fraction of sp³-hybridized carbons (Fsp3) is 0.769. The Morgan fingerprint density at radius 1 is 1.55 bits per heavy atom. The van der Waals surface area contributed by atoms with E-state index in [9.17, 15) is 4.79 Å². The van der Waals surface area contributed by atoms with Gasteiger partial charge in [0.2, 0.25) is 0 Å². The van der Waals surface area contributed by atoms with Crippen molar-refractivity contribution < 1.29 is 9.90 Å². The van der Waals surface area contributed by atoms with E-state index in [1.807, 2.05) is 11.8 Å². The second kappa shape index (κ2) is 6.39. The van der Waals surface area contributed by atoms with E-state index in [0.717, 1.165) is 17.5 Å². The summed E-state index contributed by atoms with van der Waals surface area (Å²) < 4.78 is 2.33. The zero-order valence-electron chi connectivity index (χ0n) is 12.1. The number of aliphatic carboxylic acids is 1. The number of nitrogens with zero attached hydrogens (tertiary/aromatic N) is 3. The van der Waals surface area contributed by atoms with Crippen LogP contribution in [0.1, 0.15) is 45.4 Å². The van der Waals surface area contributed by atoms with Gasteiger partial charge in [-0.2, -0.15) is 11.8 Å². The van der Waals surface area contributed by atoms with Gasteiger partial charge in [-0.25, -0.2) is 0 Å². The Hall–Kier alpha value is -0.690. The van der Waals surface area contributed by atoms with Crippen LogP contribution in [0.15, 0.2) is 5.16 Å². The van der Waals surface area contributed by atoms with E-state index >= 15 is 0 Å². The molecule has 1 unspecified atom stereocenters. The van der Waals surface area contributed by atoms with Crippen LogP contribution in [0.4, 0.5) is 0 Å². The van der Waals surface area contributed by atoms with Crippen LogP contribution in [-0.4, -0.2) is 42.1 Å². The molecule has 0 aliphatic carbocycles. The minimum Gasteiger partial charge on any atom is -0.481 e. The van der Waals surface area contributed by atoms with Crippen molar-refractivity contribution in [2.24, 2.45) is 0 Å². The molecule has 1 saturated heterocycles. The number of hydrogen-bond acceptors (Lipinski definition) is 5. The molecule has 1 aliphatic rings. The summed E-state index contributed by atoms with van der Waals surface area (Å²) in [4.78, 5) is 10.7. The second-order valence-corrected chi connectivity index (χ2v) is 8.29. The first kappa shape index (κ1) is 15.7. The zero-order valence-corrected chi connectivity index (χ0v) is 13.8. The van der Waals surface area contributed by atoms with E-state index in [0.29, 0.717) is 0 Å². The fourth-order valence-corrected chi connectivity index (χ4v) is 4.36. The first-order chi connectivity index (χ1) is 9.41. The summed E-state index contributed by atoms with van der Waals surface area (Å²) in [6, 6.07) is 0. The molecule has 0 amide bonds. The van der Waals surface area contributed by atoms with Gasteiger partial charge in [-0.1, -0.05) is 25.6 Å². The van der Waals surface area contributed by atoms with Gasteiger partial charge in [-0.15, -0.1) is 10.2 Å². The van der Waals surface area contributed by atoms with E-state index < -0.39 is 5.97 Å². The van der Waals surface area contributed by atoms with Crippen molar-refractivity contribution in [3.8, 4) is 0 Å². The highest BCUT2D eigenvalue weighted by Crippen LogP contribution is 2.40. The van der Waals surface area contributed by atoms with Crippen molar-refractivity contribution >= 4 is 29.5 Å². The molecule has 7 heteroatoms. The van der Waals surface area contributed by atoms with Gasteiger partial charge in [0, 0.05) is 17.2 Å². The molecule has 0 aromatic carbocycles. The molecule has 1 atom stereocenters. The Morgan fingerprint density at radius 3 is 2.85 bits per heavy atom. The molecular formula is C13H21N3O2S2. The average Bonchev–Trinajstić information content (AvgIpc) is 2.94. The fourth-order valence-electron chi connectivity index (χ4n) is 2.40. The third-order valence-corrected chi connectivity index (χ3v) is 5.85. The Labute approximate surface area is 127 Å². The SMILES string of the molecule is CC(C)c1nnc(SCC(=O)O)n1CC1(C)CCCS1. The molecule has 1 aromatic rings. The number of rotatable bonds is 6. The highest BCUT2D eigenvalue weighted by atomic mass is 32.2. The lowest BCUT2D eigenvalue weighted by molar-refractivity contribution is -0.133. The van der Waals surface area contributed by atoms with Gasteiger partial charge in [-0.3, -0.25) is 4.79 Å². The molecule has 112 valence electrons. The molecule has 1 fully saturated rings. The number of aromatic nitrogens is 3. The van der Waals surface area contributed by atoms with Crippen molar-refractivity contribution in [2.75, 3.05) is 11.5 Å². The quantitative estimate of drug-likeness (QED) is 0.814. The van der Waals surface area contributed by atoms with Gasteiger partial charge < -0.3 is 9.67 Å². The summed E-state index contributed by atoms with van der Waals surface area (Å²) >= 11 is 3.25. The summed E-state index contributed by atoms with van der Waals surface area (Å²) in [6.45, 7) is 7.33. The summed E-state index contributed by atoms with van der Waals surface area (Å²) in [6.07, 6.45) is 2.44. The maximum absolute atomic E-state index is 10.7. The third kappa shape index (κ3) is 3.69. The normalized spacial score (nSPS) is 22.6. The molecular weight excluding hydrogens is 294 g/mol. The Kier molecular flexibility index (Phi) is 5.01. The summed E-state index contributed by atoms with van der Waals surface area (Å²) in [5, 5.41) is 18.0. The molecule has 0 radical (unpaired) electrons. The van der Waals surface area contributed by atoms with E-state index in [-0.39, 0.29) is 16.4 Å². The zero-order chi connectivity index (χ0) is 14.8. The van der Waals surface area contributed by atoms with E-state index in [2.05, 4.69) is 35.5 Å². The molecule has 2 heterocycles. The minimum absolute atomic E-state index is 0.0279. The summed E-state index contributed by atoms with van der Waals surface area (Å²) in [5.74, 6) is 1.65. The predicted molar refractivity (Wildman–Crippen MR) is 82.6 cm³/mol. The number of carbonyl (C=O) groups is 1. The maximum atomic E-state index is 10.7. The summed E-state index contributed by atoms with van der Waals surface area (Å²) in [7, 11) is 0. The van der Waals surface area contributed by atoms with Gasteiger partial charge in [0.25, 0.3) is 0 Å². The van der Waals surface area contributed by atoms with Crippen LogP contribution >= 0.6 is 23.5 Å². The van der Waals surface area contributed by atoms with Crippen molar-refractivity contribution in [3.05, 3.63) is 5.82 Å². The van der Waals surface area contributed by atoms with Crippen LogP contribution in [0.5, 0.6) is 0 Å². The van der Waals surface area contributed by atoms with Gasteiger partial charge in [0.1, 0.15) is 5.82 Å². The number of carboxylic acids is 1. The molecule has 0 saturated carbocycles. The highest BCUT2D eigenvalue weighted by Gasteiger charge is 2.32. The van der Waals surface area contributed by atoms with Crippen LogP contribution < -0.4 is 0 Å². The van der Waals surface area contributed by atoms with E-state index in [1.54, 1.807) is 0 Å². The topological polar surface area (TPSA) is 68.0 Å². The molecule has 0 spiro atoms. The standard InChI is InChI=1S/C13H21N3O2S2/c1-9(2)11-14-15-12(19-7-10(17)18)16(11)8-13(3)5-4-6-20-13/h9H,4-8H2,1-3H3,(H,17,18). The van der Waals surface area contributed by atoms with Gasteiger partial charge in [-0.05, 0) is 25.5 Å². The van der Waals surface area contributed by atoms with Crippen LogP contribution in [0.3, 0.4) is 0 Å². The second-order valence-electron chi connectivity index (χ2n) is 5.67. The highest BCUT2D eigenvalue weighted by molar-refractivity contribution is 8.00. The minimum atomic E-state index is -0.822. The smallest absolute Gasteiger partial charge is 0.313 e. The largest absolute Gasteiger partial charge is 0.481 e. The molecule has 1 aliphatic heterocycles. The van der Waals surface area contributed by atoms with Crippen LogP contribution in [-0.2, 0) is 11.3 Å². The van der Waals surface area contributed by atoms with Crippen LogP contribution in [0, 0.1) is 0 Å². The lowest BCUT2D eigenvalue weighted by atomic mass is 10.1. The van der Waals surface area contributed by atoms with Gasteiger partial charge in [0.05, 0.1) is 5.75 Å². The number of hydrogen-bond donors (Lipinski definition) is 1. The first-order valence-electron chi connectivity index (χ1n) is 6.83. The Balaban J connectivity index is 2.22. The lowest BCUT2D eigenvalue weighted by Gasteiger charge is -2.25. The first-order valence-corrected chi connectivity index (χ1v) is 8.80. The van der Waals surface area contributed by atoms with Crippen LogP contribution in [0.2, 0.25) is 0 Å². The van der Waals surface area contributed by atoms with Crippen molar-refractivity contribution in [2.45, 2.75) is 56.0 Å². The third-order valence-electron chi connectivity index (χ3n) is 3.38. The number of carboxylic acid groups (broad SMARTS) is 1. The predicted octanol–water partition coefficient (Wildman–Crippen LogP) is 2.86. The molecule has 1 aromatic heterocycles. The Bertz CT molecular complexity index is 482. The lowest BCUT2D eigenvalue weighted by Crippen LogP contribution is -2.25. The Morgan fingerprint density at radius 2 is 2.30 bits per heavy atom. The van der Waals surface area contributed by atoms with E-state index in [1.165, 1.54) is 30.4 Å². The van der Waals surface area contributed by atoms with Gasteiger partial charge >= 0.3 is 5.97 Å². The monoisotopic (exact) mass is 315 g/mol. The maximum Gasteiger partial charge on any atom is 0.313 e. The van der Waals surface area contributed by atoms with Crippen molar-refractivity contribution in [3.63, 3.8) is 0 Å². The number of thioether (sulfide) groups is 2. The molecule has 0 bridgehead atoms. The molecule has 5 nitrogen and oxygen atoms in total. The van der Waals surface area contributed by atoms with Crippen molar-refractivity contribution in [1.82, 2.24) is 14.8 Å². The molecule has 2 rings (SSSR count). The molecule has 1 N–H and O–H groups in total. The van der Waals surface area contributed by atoms with Crippen LogP contribution in [0.25, 0.3) is 0 Å². The molecule has 20 heavy (non-hydrogen) atoms. The summed E-state index contributed by atoms with van der Waals surface area (Å²) in [5.41, 5.74) is 0. The average molecular weight is 315 g/mol. The van der Waals surface area contributed by atoms with Crippen molar-refractivity contribution in [1.29, 1.82) is 0 Å². The van der Waals surface area contributed by atoms with E-state index in [4.69, 9.17) is 5.11 Å².